The van der Waals surface area contributed by atoms with Gasteiger partial charge in [0.25, 0.3) is 0 Å². The van der Waals surface area contributed by atoms with Crippen LogP contribution >= 0.6 is 0 Å². The minimum atomic E-state index is -0.804. The largest absolute Gasteiger partial charge is 0.388 e. The summed E-state index contributed by atoms with van der Waals surface area (Å²) in [6.07, 6.45) is 5.72. The smallest absolute Gasteiger partial charge is 0.227 e. The van der Waals surface area contributed by atoms with E-state index in [0.717, 1.165) is 38.5 Å². The Morgan fingerprint density at radius 2 is 1.90 bits per heavy atom. The molecule has 2 N–H and O–H groups in total. The minimum absolute atomic E-state index is 0.238. The monoisotopic (exact) mass is 293 g/mol. The standard InChI is InChI=1S/C17H24FNO2/c1-13(14-8-4-5-9-15(14)18)16(20)19-12-17(21)10-6-2-3-7-11-17/h4-5,8-9,13,21H,2-3,6-7,10-12H2,1H3,(H,19,20). The maximum absolute atomic E-state index is 13.7. The molecule has 0 radical (unpaired) electrons. The molecule has 0 aromatic heterocycles. The van der Waals surface area contributed by atoms with E-state index in [2.05, 4.69) is 5.32 Å². The van der Waals surface area contributed by atoms with Gasteiger partial charge in [0.1, 0.15) is 5.82 Å². The molecule has 116 valence electrons. The van der Waals surface area contributed by atoms with E-state index in [1.807, 2.05) is 0 Å². The number of halogens is 1. The molecule has 1 unspecified atom stereocenters. The van der Waals surface area contributed by atoms with E-state index < -0.39 is 11.5 Å². The van der Waals surface area contributed by atoms with Crippen molar-refractivity contribution in [2.45, 2.75) is 57.0 Å². The van der Waals surface area contributed by atoms with E-state index in [0.29, 0.717) is 5.56 Å². The summed E-state index contributed by atoms with van der Waals surface area (Å²) in [5.74, 6) is -1.16. The molecule has 1 aromatic carbocycles. The van der Waals surface area contributed by atoms with E-state index in [-0.39, 0.29) is 18.3 Å². The Hall–Kier alpha value is -1.42. The third-order valence-corrected chi connectivity index (χ3v) is 4.39. The van der Waals surface area contributed by atoms with Gasteiger partial charge in [0.05, 0.1) is 11.5 Å². The van der Waals surface area contributed by atoms with Crippen molar-refractivity contribution >= 4 is 5.91 Å². The molecule has 1 aliphatic rings. The molecule has 0 bridgehead atoms. The number of carbonyl (C=O) groups is 1. The normalized spacial score (nSPS) is 19.6. The van der Waals surface area contributed by atoms with Crippen molar-refractivity contribution in [1.82, 2.24) is 5.32 Å². The molecule has 21 heavy (non-hydrogen) atoms. The van der Waals surface area contributed by atoms with Crippen LogP contribution in [-0.4, -0.2) is 23.2 Å². The number of hydrogen-bond acceptors (Lipinski definition) is 2. The highest BCUT2D eigenvalue weighted by molar-refractivity contribution is 5.83. The van der Waals surface area contributed by atoms with Crippen LogP contribution in [0.15, 0.2) is 24.3 Å². The first-order valence-electron chi connectivity index (χ1n) is 7.76. The number of hydrogen-bond donors (Lipinski definition) is 2. The van der Waals surface area contributed by atoms with Gasteiger partial charge >= 0.3 is 0 Å². The summed E-state index contributed by atoms with van der Waals surface area (Å²) >= 11 is 0. The van der Waals surface area contributed by atoms with E-state index in [1.165, 1.54) is 6.07 Å². The van der Waals surface area contributed by atoms with Gasteiger partial charge in [-0.15, -0.1) is 0 Å². The zero-order valence-electron chi connectivity index (χ0n) is 12.6. The molecule has 1 fully saturated rings. The van der Waals surface area contributed by atoms with Crippen molar-refractivity contribution < 1.29 is 14.3 Å². The fourth-order valence-electron chi connectivity index (χ4n) is 2.94. The van der Waals surface area contributed by atoms with Crippen LogP contribution in [0.1, 0.15) is 56.9 Å². The van der Waals surface area contributed by atoms with Gasteiger partial charge < -0.3 is 10.4 Å². The summed E-state index contributed by atoms with van der Waals surface area (Å²) < 4.78 is 13.7. The average molecular weight is 293 g/mol. The van der Waals surface area contributed by atoms with Crippen molar-refractivity contribution in [2.24, 2.45) is 0 Å². The van der Waals surface area contributed by atoms with Gasteiger partial charge in [-0.25, -0.2) is 4.39 Å². The average Bonchev–Trinajstić information content (AvgIpc) is 2.70. The first-order chi connectivity index (χ1) is 10.0. The summed E-state index contributed by atoms with van der Waals surface area (Å²) in [4.78, 5) is 12.2. The van der Waals surface area contributed by atoms with Gasteiger partial charge in [-0.3, -0.25) is 4.79 Å². The topological polar surface area (TPSA) is 49.3 Å². The summed E-state index contributed by atoms with van der Waals surface area (Å²) in [6, 6.07) is 6.32. The van der Waals surface area contributed by atoms with Crippen LogP contribution in [-0.2, 0) is 4.79 Å². The first-order valence-corrected chi connectivity index (χ1v) is 7.76. The lowest BCUT2D eigenvalue weighted by Crippen LogP contribution is -2.43. The SMILES string of the molecule is CC(C(=O)NCC1(O)CCCCCC1)c1ccccc1F. The fourth-order valence-corrected chi connectivity index (χ4v) is 2.94. The van der Waals surface area contributed by atoms with E-state index >= 15 is 0 Å². The zero-order chi connectivity index (χ0) is 15.3. The molecule has 1 aromatic rings. The molecule has 0 spiro atoms. The Bertz CT molecular complexity index is 481. The zero-order valence-corrected chi connectivity index (χ0v) is 12.6. The molecule has 3 nitrogen and oxygen atoms in total. The van der Waals surface area contributed by atoms with Gasteiger partial charge in [-0.2, -0.15) is 0 Å². The van der Waals surface area contributed by atoms with E-state index in [1.54, 1.807) is 25.1 Å². The number of aliphatic hydroxyl groups is 1. The van der Waals surface area contributed by atoms with Gasteiger partial charge in [-0.1, -0.05) is 43.9 Å². The van der Waals surface area contributed by atoms with E-state index in [9.17, 15) is 14.3 Å². The van der Waals surface area contributed by atoms with Gasteiger partial charge in [0.15, 0.2) is 0 Å². The van der Waals surface area contributed by atoms with Crippen molar-refractivity contribution in [1.29, 1.82) is 0 Å². The molecule has 1 aliphatic carbocycles. The Morgan fingerprint density at radius 1 is 1.29 bits per heavy atom. The molecule has 0 heterocycles. The van der Waals surface area contributed by atoms with Crippen molar-refractivity contribution in [3.05, 3.63) is 35.6 Å². The molecule has 1 saturated carbocycles. The van der Waals surface area contributed by atoms with Crippen molar-refractivity contribution in [3.63, 3.8) is 0 Å². The molecule has 1 atom stereocenters. The van der Waals surface area contributed by atoms with Crippen LogP contribution in [0.3, 0.4) is 0 Å². The Balaban J connectivity index is 1.93. The number of carbonyl (C=O) groups excluding carboxylic acids is 1. The molecule has 4 heteroatoms. The number of benzene rings is 1. The number of rotatable bonds is 4. The lowest BCUT2D eigenvalue weighted by Gasteiger charge is -2.27. The second kappa shape index (κ2) is 7.03. The second-order valence-electron chi connectivity index (χ2n) is 6.10. The third kappa shape index (κ3) is 4.27. The maximum Gasteiger partial charge on any atom is 0.227 e. The molecule has 2 rings (SSSR count). The van der Waals surface area contributed by atoms with Crippen LogP contribution in [0.25, 0.3) is 0 Å². The predicted octanol–water partition coefficient (Wildman–Crippen LogP) is 3.13. The summed E-state index contributed by atoms with van der Waals surface area (Å²) in [7, 11) is 0. The predicted molar refractivity (Wildman–Crippen MR) is 80.5 cm³/mol. The first kappa shape index (κ1) is 16.0. The highest BCUT2D eigenvalue weighted by Crippen LogP contribution is 2.26. The van der Waals surface area contributed by atoms with Gasteiger partial charge in [0.2, 0.25) is 5.91 Å². The lowest BCUT2D eigenvalue weighted by molar-refractivity contribution is -0.123. The van der Waals surface area contributed by atoms with Crippen LogP contribution in [0.4, 0.5) is 4.39 Å². The lowest BCUT2D eigenvalue weighted by atomic mass is 9.93. The Morgan fingerprint density at radius 3 is 2.52 bits per heavy atom. The van der Waals surface area contributed by atoms with Crippen molar-refractivity contribution in [2.75, 3.05) is 6.54 Å². The fraction of sp³-hybridized carbons (Fsp3) is 0.588. The highest BCUT2D eigenvalue weighted by Gasteiger charge is 2.29. The molecular formula is C17H24FNO2. The van der Waals surface area contributed by atoms with Crippen LogP contribution in [0, 0.1) is 5.82 Å². The summed E-state index contributed by atoms with van der Waals surface area (Å²) in [5.41, 5.74) is -0.413. The van der Waals surface area contributed by atoms with Gasteiger partial charge in [0, 0.05) is 6.54 Å². The van der Waals surface area contributed by atoms with Crippen molar-refractivity contribution in [3.8, 4) is 0 Å². The number of nitrogens with one attached hydrogen (secondary N) is 1. The summed E-state index contributed by atoms with van der Waals surface area (Å²) in [6.45, 7) is 1.94. The number of amides is 1. The third-order valence-electron chi connectivity index (χ3n) is 4.39. The molecule has 0 saturated heterocycles. The quantitative estimate of drug-likeness (QED) is 0.838. The van der Waals surface area contributed by atoms with Crippen LogP contribution in [0.2, 0.25) is 0 Å². The Kier molecular flexibility index (Phi) is 5.34. The highest BCUT2D eigenvalue weighted by atomic mass is 19.1. The van der Waals surface area contributed by atoms with Crippen LogP contribution < -0.4 is 5.32 Å². The molecule has 0 aliphatic heterocycles. The van der Waals surface area contributed by atoms with Crippen LogP contribution in [0.5, 0.6) is 0 Å². The van der Waals surface area contributed by atoms with E-state index in [4.69, 9.17) is 0 Å². The maximum atomic E-state index is 13.7. The minimum Gasteiger partial charge on any atom is -0.388 e. The molecular weight excluding hydrogens is 269 g/mol. The molecule has 1 amide bonds. The second-order valence-corrected chi connectivity index (χ2v) is 6.10. The Labute approximate surface area is 125 Å². The van der Waals surface area contributed by atoms with Gasteiger partial charge in [-0.05, 0) is 31.4 Å². The summed E-state index contributed by atoms with van der Waals surface area (Å²) in [5, 5.41) is 13.3.